The van der Waals surface area contributed by atoms with Gasteiger partial charge in [0.15, 0.2) is 11.5 Å². The van der Waals surface area contributed by atoms with Crippen LogP contribution in [0, 0.1) is 5.82 Å². The maximum atomic E-state index is 13.5. The van der Waals surface area contributed by atoms with Gasteiger partial charge in [-0.2, -0.15) is 0 Å². The number of halogens is 1. The molecule has 3 heterocycles. The molecule has 0 amide bonds. The van der Waals surface area contributed by atoms with Crippen LogP contribution in [-0.2, 0) is 0 Å². The molecule has 1 aliphatic rings. The summed E-state index contributed by atoms with van der Waals surface area (Å²) in [6.45, 7) is 3.90. The summed E-state index contributed by atoms with van der Waals surface area (Å²) in [5.74, 6) is 0.647. The van der Waals surface area contributed by atoms with Gasteiger partial charge in [0.2, 0.25) is 0 Å². The van der Waals surface area contributed by atoms with Gasteiger partial charge < -0.3 is 9.80 Å². The van der Waals surface area contributed by atoms with E-state index < -0.39 is 0 Å². The maximum Gasteiger partial charge on any atom is 0.180 e. The Hall–Kier alpha value is -2.47. The SMILES string of the molecule is CN1CCN(c2nccn3c(-c4cccc(F)c4)cnc23)CC1. The van der Waals surface area contributed by atoms with Gasteiger partial charge in [-0.25, -0.2) is 14.4 Å². The minimum Gasteiger partial charge on any atom is -0.351 e. The van der Waals surface area contributed by atoms with Crippen LogP contribution in [0.1, 0.15) is 0 Å². The smallest absolute Gasteiger partial charge is 0.180 e. The average molecular weight is 311 g/mol. The van der Waals surface area contributed by atoms with Crippen LogP contribution < -0.4 is 4.90 Å². The second kappa shape index (κ2) is 5.62. The molecular formula is C17H18FN5. The van der Waals surface area contributed by atoms with Gasteiger partial charge in [0.1, 0.15) is 5.82 Å². The molecule has 1 fully saturated rings. The normalized spacial score (nSPS) is 16.2. The number of benzene rings is 1. The van der Waals surface area contributed by atoms with Crippen LogP contribution in [0.25, 0.3) is 16.9 Å². The number of aromatic nitrogens is 3. The van der Waals surface area contributed by atoms with Crippen LogP contribution in [0.5, 0.6) is 0 Å². The molecule has 4 rings (SSSR count). The van der Waals surface area contributed by atoms with E-state index >= 15 is 0 Å². The number of hydrogen-bond donors (Lipinski definition) is 0. The van der Waals surface area contributed by atoms with Crippen LogP contribution >= 0.6 is 0 Å². The fraction of sp³-hybridized carbons (Fsp3) is 0.294. The van der Waals surface area contributed by atoms with E-state index in [9.17, 15) is 4.39 Å². The van der Waals surface area contributed by atoms with Gasteiger partial charge in [0, 0.05) is 44.1 Å². The average Bonchev–Trinajstić information content (AvgIpc) is 3.00. The first-order valence-corrected chi connectivity index (χ1v) is 7.74. The molecule has 0 spiro atoms. The van der Waals surface area contributed by atoms with Crippen molar-refractivity contribution in [1.29, 1.82) is 0 Å². The first kappa shape index (κ1) is 14.1. The summed E-state index contributed by atoms with van der Waals surface area (Å²) in [5, 5.41) is 0. The Morgan fingerprint density at radius 1 is 1.09 bits per heavy atom. The molecule has 0 bridgehead atoms. The third-order valence-corrected chi connectivity index (χ3v) is 4.33. The highest BCUT2D eigenvalue weighted by Crippen LogP contribution is 2.26. The van der Waals surface area contributed by atoms with Crippen molar-refractivity contribution < 1.29 is 4.39 Å². The molecule has 0 radical (unpaired) electrons. The van der Waals surface area contributed by atoms with Crippen LogP contribution in [0.3, 0.4) is 0 Å². The number of hydrogen-bond acceptors (Lipinski definition) is 4. The Morgan fingerprint density at radius 2 is 1.91 bits per heavy atom. The van der Waals surface area contributed by atoms with Gasteiger partial charge in [-0.1, -0.05) is 12.1 Å². The molecule has 1 saturated heterocycles. The monoisotopic (exact) mass is 311 g/mol. The van der Waals surface area contributed by atoms with Gasteiger partial charge in [0.25, 0.3) is 0 Å². The number of fused-ring (bicyclic) bond motifs is 1. The molecule has 23 heavy (non-hydrogen) atoms. The molecule has 0 N–H and O–H groups in total. The van der Waals surface area contributed by atoms with Crippen molar-refractivity contribution in [3.05, 3.63) is 48.7 Å². The van der Waals surface area contributed by atoms with E-state index in [1.54, 1.807) is 18.5 Å². The number of anilines is 1. The minimum atomic E-state index is -0.245. The topological polar surface area (TPSA) is 36.7 Å². The second-order valence-corrected chi connectivity index (χ2v) is 5.89. The fourth-order valence-corrected chi connectivity index (χ4v) is 3.01. The summed E-state index contributed by atoms with van der Waals surface area (Å²) in [7, 11) is 2.13. The molecule has 1 aliphatic heterocycles. The van der Waals surface area contributed by atoms with Crippen LogP contribution in [0.15, 0.2) is 42.9 Å². The molecule has 5 nitrogen and oxygen atoms in total. The third-order valence-electron chi connectivity index (χ3n) is 4.33. The maximum absolute atomic E-state index is 13.5. The van der Waals surface area contributed by atoms with Gasteiger partial charge >= 0.3 is 0 Å². The van der Waals surface area contributed by atoms with Crippen LogP contribution in [0.2, 0.25) is 0 Å². The van der Waals surface area contributed by atoms with E-state index in [2.05, 4.69) is 26.8 Å². The van der Waals surface area contributed by atoms with Gasteiger partial charge in [0.05, 0.1) is 11.9 Å². The zero-order valence-corrected chi connectivity index (χ0v) is 13.0. The minimum absolute atomic E-state index is 0.245. The molecule has 6 heteroatoms. The van der Waals surface area contributed by atoms with Crippen LogP contribution in [0.4, 0.5) is 10.2 Å². The van der Waals surface area contributed by atoms with Gasteiger partial charge in [-0.05, 0) is 19.2 Å². The number of likely N-dealkylation sites (N-methyl/N-ethyl adjacent to an activating group) is 1. The first-order valence-electron chi connectivity index (χ1n) is 7.74. The molecule has 0 aliphatic carbocycles. The highest BCUT2D eigenvalue weighted by Gasteiger charge is 2.19. The summed E-state index contributed by atoms with van der Waals surface area (Å²) in [5.41, 5.74) is 2.50. The standard InChI is InChI=1S/C17H18FN5/c1-21-7-9-22(10-8-21)16-17-20-12-15(23(17)6-5-19-16)13-3-2-4-14(18)11-13/h2-6,11-12H,7-10H2,1H3. The lowest BCUT2D eigenvalue weighted by Gasteiger charge is -2.33. The van der Waals surface area contributed by atoms with E-state index in [-0.39, 0.29) is 5.82 Å². The van der Waals surface area contributed by atoms with E-state index in [0.717, 1.165) is 48.9 Å². The van der Waals surface area contributed by atoms with Crippen molar-refractivity contribution in [2.75, 3.05) is 38.1 Å². The third kappa shape index (κ3) is 2.55. The number of nitrogens with zero attached hydrogens (tertiary/aromatic N) is 5. The van der Waals surface area contributed by atoms with Crippen molar-refractivity contribution in [2.24, 2.45) is 0 Å². The van der Waals surface area contributed by atoms with Crippen molar-refractivity contribution in [3.8, 4) is 11.3 Å². The number of rotatable bonds is 2. The first-order chi connectivity index (χ1) is 11.2. The fourth-order valence-electron chi connectivity index (χ4n) is 3.01. The van der Waals surface area contributed by atoms with Crippen molar-refractivity contribution in [2.45, 2.75) is 0 Å². The predicted octanol–water partition coefficient (Wildman–Crippen LogP) is 2.29. The van der Waals surface area contributed by atoms with E-state index in [4.69, 9.17) is 0 Å². The van der Waals surface area contributed by atoms with Gasteiger partial charge in [-0.15, -0.1) is 0 Å². The zero-order valence-electron chi connectivity index (χ0n) is 13.0. The second-order valence-electron chi connectivity index (χ2n) is 5.89. The lowest BCUT2D eigenvalue weighted by Crippen LogP contribution is -2.45. The van der Waals surface area contributed by atoms with E-state index in [1.165, 1.54) is 12.1 Å². The molecule has 0 saturated carbocycles. The molecule has 1 aromatic carbocycles. The highest BCUT2D eigenvalue weighted by molar-refractivity contribution is 5.71. The predicted molar refractivity (Wildman–Crippen MR) is 88.1 cm³/mol. The Morgan fingerprint density at radius 3 is 2.70 bits per heavy atom. The Kier molecular flexibility index (Phi) is 3.46. The van der Waals surface area contributed by atoms with Crippen LogP contribution in [-0.4, -0.2) is 52.5 Å². The molecule has 2 aromatic heterocycles. The number of piperazine rings is 1. The zero-order chi connectivity index (χ0) is 15.8. The van der Waals surface area contributed by atoms with Gasteiger partial charge in [-0.3, -0.25) is 4.40 Å². The van der Waals surface area contributed by atoms with Crippen molar-refractivity contribution >= 4 is 11.5 Å². The quantitative estimate of drug-likeness (QED) is 0.727. The summed E-state index contributed by atoms with van der Waals surface area (Å²) in [6, 6.07) is 6.58. The summed E-state index contributed by atoms with van der Waals surface area (Å²) < 4.78 is 15.5. The van der Waals surface area contributed by atoms with E-state index in [1.807, 2.05) is 16.7 Å². The summed E-state index contributed by atoms with van der Waals surface area (Å²) in [6.07, 6.45) is 5.44. The summed E-state index contributed by atoms with van der Waals surface area (Å²) in [4.78, 5) is 13.6. The highest BCUT2D eigenvalue weighted by atomic mass is 19.1. The van der Waals surface area contributed by atoms with E-state index in [0.29, 0.717) is 0 Å². The Labute approximate surface area is 134 Å². The summed E-state index contributed by atoms with van der Waals surface area (Å²) >= 11 is 0. The largest absolute Gasteiger partial charge is 0.351 e. The van der Waals surface area contributed by atoms with Crippen molar-refractivity contribution in [3.63, 3.8) is 0 Å². The Balaban J connectivity index is 1.78. The molecule has 3 aromatic rings. The molecule has 0 unspecified atom stereocenters. The molecular weight excluding hydrogens is 293 g/mol. The van der Waals surface area contributed by atoms with Crippen molar-refractivity contribution in [1.82, 2.24) is 19.3 Å². The Bertz CT molecular complexity index is 836. The molecule has 0 atom stereocenters. The lowest BCUT2D eigenvalue weighted by molar-refractivity contribution is 0.312. The number of imidazole rings is 1. The lowest BCUT2D eigenvalue weighted by atomic mass is 10.1. The molecule has 118 valence electrons.